The van der Waals surface area contributed by atoms with Gasteiger partial charge in [0, 0.05) is 37.8 Å². The lowest BCUT2D eigenvalue weighted by molar-refractivity contribution is -0.151. The molecule has 16 heteroatoms. The van der Waals surface area contributed by atoms with Gasteiger partial charge in [-0.05, 0) is 123 Å². The molecule has 8 atom stereocenters. The first-order valence-electron chi connectivity index (χ1n) is 27.3. The second kappa shape index (κ2) is 25.0. The maximum Gasteiger partial charge on any atom is 0.251 e. The highest BCUT2D eigenvalue weighted by Crippen LogP contribution is 2.36. The lowest BCUT2D eigenvalue weighted by Crippen LogP contribution is -2.60. The molecule has 4 aromatic rings. The van der Waals surface area contributed by atoms with Gasteiger partial charge >= 0.3 is 0 Å². The fraction of sp³-hybridized carbons (Fsp3) is 0.492. The molecule has 1 saturated heterocycles. The molecular formula is C61H81N9O7. The molecule has 0 saturated carbocycles. The SMILES string of the molecule is CNC(C)C(=O)NC(C(=O)N1CCc2ccccc2[C@H]1C(=O)N(CCc1ccccc1)Cc1ccc(C(=O)N[C@H]2C[C@@H](C(=O)N[C@@H]3CCCc4ccccc43)N(C(=O)C(NC(=O)C(C)NC)C(C)(C)C)C2)cc1)C(C)(C)C. The zero-order chi connectivity index (χ0) is 55.8. The smallest absolute Gasteiger partial charge is 0.251 e. The summed E-state index contributed by atoms with van der Waals surface area (Å²) in [5.74, 6) is -2.38. The number of nitrogens with one attached hydrogen (secondary N) is 6. The summed E-state index contributed by atoms with van der Waals surface area (Å²) in [5, 5.41) is 18.2. The van der Waals surface area contributed by atoms with Crippen molar-refractivity contribution >= 4 is 41.4 Å². The van der Waals surface area contributed by atoms with Crippen molar-refractivity contribution in [1.82, 2.24) is 46.6 Å². The maximum atomic E-state index is 15.4. The van der Waals surface area contributed by atoms with Crippen LogP contribution in [0.3, 0.4) is 0 Å². The number of rotatable bonds is 18. The molecule has 1 aliphatic carbocycles. The molecule has 0 bridgehead atoms. The van der Waals surface area contributed by atoms with Gasteiger partial charge in [-0.3, -0.25) is 33.6 Å². The Hall–Kier alpha value is -6.91. The van der Waals surface area contributed by atoms with Crippen molar-refractivity contribution in [2.75, 3.05) is 33.7 Å². The van der Waals surface area contributed by atoms with Crippen LogP contribution < -0.4 is 31.9 Å². The monoisotopic (exact) mass is 1050 g/mol. The number of amides is 7. The topological polar surface area (TPSA) is 201 Å². The number of fused-ring (bicyclic) bond motifs is 2. The van der Waals surface area contributed by atoms with Crippen molar-refractivity contribution in [2.24, 2.45) is 10.8 Å². The summed E-state index contributed by atoms with van der Waals surface area (Å²) >= 11 is 0. The second-order valence-corrected chi connectivity index (χ2v) is 23.3. The summed E-state index contributed by atoms with van der Waals surface area (Å²) in [5.41, 5.74) is 4.70. The van der Waals surface area contributed by atoms with E-state index in [-0.39, 0.29) is 61.6 Å². The molecule has 3 aliphatic rings. The van der Waals surface area contributed by atoms with E-state index in [0.29, 0.717) is 24.9 Å². The predicted molar refractivity (Wildman–Crippen MR) is 298 cm³/mol. The van der Waals surface area contributed by atoms with Crippen LogP contribution in [-0.2, 0) is 54.6 Å². The zero-order valence-corrected chi connectivity index (χ0v) is 46.7. The molecular weight excluding hydrogens is 971 g/mol. The molecule has 2 heterocycles. The highest BCUT2D eigenvalue weighted by Gasteiger charge is 2.47. The van der Waals surface area contributed by atoms with Gasteiger partial charge in [0.05, 0.1) is 18.1 Å². The van der Waals surface area contributed by atoms with Crippen LogP contribution in [0.25, 0.3) is 0 Å². The van der Waals surface area contributed by atoms with E-state index in [1.807, 2.05) is 126 Å². The minimum absolute atomic E-state index is 0.0479. The first kappa shape index (κ1) is 57.8. The molecule has 4 aromatic carbocycles. The molecule has 412 valence electrons. The Morgan fingerprint density at radius 3 is 1.77 bits per heavy atom. The lowest BCUT2D eigenvalue weighted by atomic mass is 9.83. The third-order valence-electron chi connectivity index (χ3n) is 15.6. The number of aryl methyl sites for hydroxylation is 1. The first-order chi connectivity index (χ1) is 36.6. The maximum absolute atomic E-state index is 15.4. The van der Waals surface area contributed by atoms with E-state index in [9.17, 15) is 28.8 Å². The number of nitrogens with zero attached hydrogens (tertiary/aromatic N) is 3. The Balaban J connectivity index is 1.13. The van der Waals surface area contributed by atoms with E-state index >= 15 is 4.79 Å². The van der Waals surface area contributed by atoms with Gasteiger partial charge in [-0.15, -0.1) is 0 Å². The number of hydrogen-bond acceptors (Lipinski definition) is 9. The van der Waals surface area contributed by atoms with Crippen LogP contribution in [-0.4, -0.2) is 126 Å². The number of likely N-dealkylation sites (tertiary alicyclic amines) is 1. The third-order valence-corrected chi connectivity index (χ3v) is 15.6. The molecule has 77 heavy (non-hydrogen) atoms. The molecule has 0 aromatic heterocycles. The Morgan fingerprint density at radius 2 is 1.18 bits per heavy atom. The Morgan fingerprint density at radius 1 is 0.636 bits per heavy atom. The highest BCUT2D eigenvalue weighted by atomic mass is 16.2. The van der Waals surface area contributed by atoms with Crippen LogP contribution in [0.5, 0.6) is 0 Å². The van der Waals surface area contributed by atoms with Crippen LogP contribution in [0.15, 0.2) is 103 Å². The van der Waals surface area contributed by atoms with Gasteiger partial charge in [-0.2, -0.15) is 0 Å². The number of carbonyl (C=O) groups is 7. The molecule has 2 aliphatic heterocycles. The normalized spacial score (nSPS) is 19.8. The van der Waals surface area contributed by atoms with Gasteiger partial charge in [0.2, 0.25) is 35.4 Å². The quantitative estimate of drug-likeness (QED) is 0.0739. The van der Waals surface area contributed by atoms with Crippen molar-refractivity contribution in [3.05, 3.63) is 142 Å². The fourth-order valence-electron chi connectivity index (χ4n) is 10.7. The summed E-state index contributed by atoms with van der Waals surface area (Å²) < 4.78 is 0. The summed E-state index contributed by atoms with van der Waals surface area (Å²) in [6.45, 7) is 15.6. The van der Waals surface area contributed by atoms with Gasteiger partial charge in [-0.1, -0.05) is 133 Å². The van der Waals surface area contributed by atoms with Gasteiger partial charge in [0.15, 0.2) is 0 Å². The molecule has 7 rings (SSSR count). The average molecular weight is 1050 g/mol. The highest BCUT2D eigenvalue weighted by molar-refractivity contribution is 5.97. The second-order valence-electron chi connectivity index (χ2n) is 23.3. The van der Waals surface area contributed by atoms with Crippen LogP contribution in [0.4, 0.5) is 0 Å². The Bertz CT molecular complexity index is 2750. The minimum Gasteiger partial charge on any atom is -0.347 e. The van der Waals surface area contributed by atoms with E-state index in [2.05, 4.69) is 38.0 Å². The third kappa shape index (κ3) is 14.0. The van der Waals surface area contributed by atoms with E-state index in [1.54, 1.807) is 49.9 Å². The first-order valence-corrected chi connectivity index (χ1v) is 27.3. The molecule has 4 unspecified atom stereocenters. The summed E-state index contributed by atoms with van der Waals surface area (Å²) in [6.07, 6.45) is 3.83. The van der Waals surface area contributed by atoms with E-state index in [0.717, 1.165) is 47.1 Å². The van der Waals surface area contributed by atoms with E-state index < -0.39 is 64.9 Å². The van der Waals surface area contributed by atoms with Gasteiger partial charge in [-0.25, -0.2) is 0 Å². The molecule has 16 nitrogen and oxygen atoms in total. The molecule has 0 radical (unpaired) electrons. The van der Waals surface area contributed by atoms with Crippen molar-refractivity contribution in [3.8, 4) is 0 Å². The summed E-state index contributed by atoms with van der Waals surface area (Å²) in [4.78, 5) is 105. The minimum atomic E-state index is -0.967. The van der Waals surface area contributed by atoms with Gasteiger partial charge in [0.1, 0.15) is 24.2 Å². The predicted octanol–water partition coefficient (Wildman–Crippen LogP) is 5.55. The largest absolute Gasteiger partial charge is 0.347 e. The molecule has 7 amide bonds. The van der Waals surface area contributed by atoms with Crippen LogP contribution in [0.1, 0.15) is 130 Å². The molecule has 1 fully saturated rings. The Kier molecular flexibility index (Phi) is 18.8. The van der Waals surface area contributed by atoms with Crippen molar-refractivity contribution < 1.29 is 33.6 Å². The fourth-order valence-corrected chi connectivity index (χ4v) is 10.7. The Labute approximate surface area is 455 Å². The van der Waals surface area contributed by atoms with E-state index in [4.69, 9.17) is 0 Å². The van der Waals surface area contributed by atoms with Gasteiger partial charge in [0.25, 0.3) is 5.91 Å². The van der Waals surface area contributed by atoms with Crippen molar-refractivity contribution in [2.45, 2.75) is 149 Å². The van der Waals surface area contributed by atoms with Crippen molar-refractivity contribution in [1.29, 1.82) is 0 Å². The van der Waals surface area contributed by atoms with Crippen molar-refractivity contribution in [3.63, 3.8) is 0 Å². The van der Waals surface area contributed by atoms with E-state index in [1.165, 1.54) is 10.5 Å². The van der Waals surface area contributed by atoms with Crippen LogP contribution in [0.2, 0.25) is 0 Å². The summed E-state index contributed by atoms with van der Waals surface area (Å²) in [7, 11) is 3.36. The molecule has 6 N–H and O–H groups in total. The van der Waals surface area contributed by atoms with Crippen LogP contribution in [0, 0.1) is 10.8 Å². The average Bonchev–Trinajstić information content (AvgIpc) is 3.85. The summed E-state index contributed by atoms with van der Waals surface area (Å²) in [6, 6.07) is 27.0. The molecule has 0 spiro atoms. The van der Waals surface area contributed by atoms with Crippen LogP contribution >= 0.6 is 0 Å². The number of likely N-dealkylation sites (N-methyl/N-ethyl adjacent to an activating group) is 2. The lowest BCUT2D eigenvalue weighted by Gasteiger charge is -2.42. The number of hydrogen-bond donors (Lipinski definition) is 6. The number of carbonyl (C=O) groups excluding carboxylic acids is 7. The van der Waals surface area contributed by atoms with Gasteiger partial charge < -0.3 is 46.6 Å². The standard InChI is InChI=1S/C61H81N9O7/c1-38(62-9)53(71)66-51(60(3,4)5)58(76)69-34-32-43-22-15-17-25-47(43)50(69)57(75)68(33-31-40-19-12-11-13-20-40)36-41-27-29-44(30-28-41)55(73)64-45-35-49(56(74)65-48-26-18-23-42-21-14-16-24-46(42)48)70(37-45)59(77)52(61(6,7)8)67-54(72)39(2)63-10/h11-17,19-22,24-25,27-30,38-39,45,48-52,62-63H,18,23,26,31-37H2,1-10H3,(H,64,73)(H,65,74)(H,66,71)(H,67,72)/t38?,39?,45-,48+,49-,50-,51?,52?/m0/s1. The number of benzene rings is 4. The zero-order valence-electron chi connectivity index (χ0n) is 46.7.